The predicted octanol–water partition coefficient (Wildman–Crippen LogP) is 2.66. The minimum absolute atomic E-state index is 0.399. The van der Waals surface area contributed by atoms with Gasteiger partial charge < -0.3 is 10.4 Å². The zero-order valence-corrected chi connectivity index (χ0v) is 11.1. The molecule has 96 valence electrons. The van der Waals surface area contributed by atoms with Gasteiger partial charge in [-0.05, 0) is 24.3 Å². The first-order valence-electron chi connectivity index (χ1n) is 5.49. The maximum absolute atomic E-state index is 9.83. The number of nitrogens with zero attached hydrogens (tertiary/aromatic N) is 2. The molecular formula is C12H13Cl2N3O. The van der Waals surface area contributed by atoms with Crippen LogP contribution in [0.2, 0.25) is 10.0 Å². The van der Waals surface area contributed by atoms with Crippen LogP contribution in [-0.4, -0.2) is 27.5 Å². The summed E-state index contributed by atoms with van der Waals surface area (Å²) in [5.74, 6) is 0. The average molecular weight is 286 g/mol. The lowest BCUT2D eigenvalue weighted by Gasteiger charge is -2.13. The molecule has 0 radical (unpaired) electrons. The number of aromatic nitrogens is 2. The molecule has 6 heteroatoms. The van der Waals surface area contributed by atoms with E-state index in [2.05, 4.69) is 10.4 Å². The van der Waals surface area contributed by atoms with Crippen molar-refractivity contribution in [1.82, 2.24) is 9.78 Å². The molecule has 0 bridgehead atoms. The molecule has 18 heavy (non-hydrogen) atoms. The molecule has 2 rings (SSSR count). The van der Waals surface area contributed by atoms with Crippen molar-refractivity contribution in [2.45, 2.75) is 12.6 Å². The van der Waals surface area contributed by atoms with E-state index in [0.29, 0.717) is 23.1 Å². The number of aliphatic hydroxyl groups is 1. The second kappa shape index (κ2) is 6.09. The Morgan fingerprint density at radius 3 is 2.61 bits per heavy atom. The highest BCUT2D eigenvalue weighted by atomic mass is 35.5. The zero-order valence-electron chi connectivity index (χ0n) is 9.55. The standard InChI is InChI=1S/C12H13Cl2N3O/c13-9-4-10(14)6-11(5-9)15-7-12(18)8-17-3-1-2-16-17/h1-6,12,15,18H,7-8H2. The molecule has 2 aromatic rings. The van der Waals surface area contributed by atoms with Gasteiger partial charge in [0.2, 0.25) is 0 Å². The summed E-state index contributed by atoms with van der Waals surface area (Å²) >= 11 is 11.8. The molecule has 2 N–H and O–H groups in total. The van der Waals surface area contributed by atoms with E-state index in [-0.39, 0.29) is 0 Å². The molecule has 4 nitrogen and oxygen atoms in total. The van der Waals surface area contributed by atoms with Gasteiger partial charge in [-0.25, -0.2) is 0 Å². The van der Waals surface area contributed by atoms with Crippen molar-refractivity contribution in [3.63, 3.8) is 0 Å². The van der Waals surface area contributed by atoms with Crippen molar-refractivity contribution in [3.05, 3.63) is 46.7 Å². The van der Waals surface area contributed by atoms with Crippen LogP contribution in [0.3, 0.4) is 0 Å². The minimum Gasteiger partial charge on any atom is -0.389 e. The Morgan fingerprint density at radius 2 is 2.00 bits per heavy atom. The Bertz CT molecular complexity index is 482. The van der Waals surface area contributed by atoms with Gasteiger partial charge in [-0.2, -0.15) is 5.10 Å². The van der Waals surface area contributed by atoms with E-state index in [4.69, 9.17) is 23.2 Å². The van der Waals surface area contributed by atoms with Crippen LogP contribution < -0.4 is 5.32 Å². The molecule has 0 aliphatic heterocycles. The van der Waals surface area contributed by atoms with Crippen molar-refractivity contribution in [1.29, 1.82) is 0 Å². The minimum atomic E-state index is -0.539. The molecule has 1 aromatic heterocycles. The number of aliphatic hydroxyl groups excluding tert-OH is 1. The van der Waals surface area contributed by atoms with Crippen LogP contribution in [0, 0.1) is 0 Å². The summed E-state index contributed by atoms with van der Waals surface area (Å²) < 4.78 is 1.68. The average Bonchev–Trinajstić information content (AvgIpc) is 2.78. The maximum Gasteiger partial charge on any atom is 0.0907 e. The molecule has 1 heterocycles. The van der Waals surface area contributed by atoms with Crippen LogP contribution in [0.15, 0.2) is 36.7 Å². The Hall–Kier alpha value is -1.23. The molecular weight excluding hydrogens is 273 g/mol. The van der Waals surface area contributed by atoms with Gasteiger partial charge in [0, 0.05) is 34.7 Å². The largest absolute Gasteiger partial charge is 0.389 e. The quantitative estimate of drug-likeness (QED) is 0.888. The highest BCUT2D eigenvalue weighted by Crippen LogP contribution is 2.22. The summed E-state index contributed by atoms with van der Waals surface area (Å²) in [5.41, 5.74) is 0.784. The normalized spacial score (nSPS) is 12.4. The number of hydrogen-bond acceptors (Lipinski definition) is 3. The zero-order chi connectivity index (χ0) is 13.0. The second-order valence-electron chi connectivity index (χ2n) is 3.92. The van der Waals surface area contributed by atoms with E-state index in [1.54, 1.807) is 35.3 Å². The summed E-state index contributed by atoms with van der Waals surface area (Å²) in [7, 11) is 0. The van der Waals surface area contributed by atoms with E-state index in [1.807, 2.05) is 6.07 Å². The van der Waals surface area contributed by atoms with Gasteiger partial charge in [0.25, 0.3) is 0 Å². The molecule has 1 unspecified atom stereocenters. The summed E-state index contributed by atoms with van der Waals surface area (Å²) in [5, 5.41) is 18.1. The number of nitrogens with one attached hydrogen (secondary N) is 1. The summed E-state index contributed by atoms with van der Waals surface area (Å²) in [6, 6.07) is 6.99. The molecule has 1 atom stereocenters. The number of hydrogen-bond donors (Lipinski definition) is 2. The van der Waals surface area contributed by atoms with Crippen LogP contribution in [0.1, 0.15) is 0 Å². The molecule has 1 aromatic carbocycles. The van der Waals surface area contributed by atoms with E-state index < -0.39 is 6.10 Å². The fraction of sp³-hybridized carbons (Fsp3) is 0.250. The monoisotopic (exact) mass is 285 g/mol. The van der Waals surface area contributed by atoms with Gasteiger partial charge in [-0.1, -0.05) is 23.2 Å². The Labute approximate surface area is 115 Å². The van der Waals surface area contributed by atoms with Crippen molar-refractivity contribution in [3.8, 4) is 0 Å². The highest BCUT2D eigenvalue weighted by Gasteiger charge is 2.06. The van der Waals surface area contributed by atoms with Gasteiger partial charge in [0.15, 0.2) is 0 Å². The third-order valence-corrected chi connectivity index (χ3v) is 2.80. The SMILES string of the molecule is OC(CNc1cc(Cl)cc(Cl)c1)Cn1cccn1. The van der Waals surface area contributed by atoms with Crippen molar-refractivity contribution >= 4 is 28.9 Å². The second-order valence-corrected chi connectivity index (χ2v) is 4.79. The van der Waals surface area contributed by atoms with Crippen LogP contribution in [0.4, 0.5) is 5.69 Å². The molecule has 0 amide bonds. The number of anilines is 1. The first-order valence-corrected chi connectivity index (χ1v) is 6.24. The molecule has 0 fully saturated rings. The highest BCUT2D eigenvalue weighted by molar-refractivity contribution is 6.35. The van der Waals surface area contributed by atoms with Crippen molar-refractivity contribution in [2.75, 3.05) is 11.9 Å². The summed E-state index contributed by atoms with van der Waals surface area (Å²) in [6.45, 7) is 0.838. The predicted molar refractivity (Wildman–Crippen MR) is 73.2 cm³/mol. The summed E-state index contributed by atoms with van der Waals surface area (Å²) in [6.07, 6.45) is 2.94. The lowest BCUT2D eigenvalue weighted by Crippen LogP contribution is -2.25. The fourth-order valence-corrected chi connectivity index (χ4v) is 2.11. The Kier molecular flexibility index (Phi) is 4.47. The van der Waals surface area contributed by atoms with Crippen LogP contribution >= 0.6 is 23.2 Å². The number of rotatable bonds is 5. The molecule has 0 spiro atoms. The van der Waals surface area contributed by atoms with Gasteiger partial charge >= 0.3 is 0 Å². The van der Waals surface area contributed by atoms with E-state index in [9.17, 15) is 5.11 Å². The van der Waals surface area contributed by atoms with E-state index in [1.165, 1.54) is 0 Å². The third-order valence-electron chi connectivity index (χ3n) is 2.36. The maximum atomic E-state index is 9.83. The fourth-order valence-electron chi connectivity index (χ4n) is 1.58. The Balaban J connectivity index is 1.87. The van der Waals surface area contributed by atoms with Gasteiger partial charge in [-0.3, -0.25) is 4.68 Å². The van der Waals surface area contributed by atoms with Crippen molar-refractivity contribution in [2.24, 2.45) is 0 Å². The molecule has 0 aliphatic carbocycles. The van der Waals surface area contributed by atoms with E-state index in [0.717, 1.165) is 5.69 Å². The van der Waals surface area contributed by atoms with Crippen LogP contribution in [0.25, 0.3) is 0 Å². The van der Waals surface area contributed by atoms with Crippen LogP contribution in [-0.2, 0) is 6.54 Å². The summed E-state index contributed by atoms with van der Waals surface area (Å²) in [4.78, 5) is 0. The lowest BCUT2D eigenvalue weighted by atomic mass is 10.3. The first kappa shape index (κ1) is 13.2. The first-order chi connectivity index (χ1) is 8.63. The topological polar surface area (TPSA) is 50.1 Å². The molecule has 0 saturated carbocycles. The number of halogens is 2. The van der Waals surface area contributed by atoms with Gasteiger partial charge in [0.05, 0.1) is 12.6 Å². The van der Waals surface area contributed by atoms with Crippen LogP contribution in [0.5, 0.6) is 0 Å². The van der Waals surface area contributed by atoms with Gasteiger partial charge in [0.1, 0.15) is 0 Å². The van der Waals surface area contributed by atoms with Crippen molar-refractivity contribution < 1.29 is 5.11 Å². The molecule has 0 saturated heterocycles. The third kappa shape index (κ3) is 3.91. The number of benzene rings is 1. The van der Waals surface area contributed by atoms with E-state index >= 15 is 0 Å². The molecule has 0 aliphatic rings. The lowest BCUT2D eigenvalue weighted by molar-refractivity contribution is 0.161. The smallest absolute Gasteiger partial charge is 0.0907 e. The van der Waals surface area contributed by atoms with Gasteiger partial charge in [-0.15, -0.1) is 0 Å². The Morgan fingerprint density at radius 1 is 1.28 bits per heavy atom.